The molecular formula is C11H11BrFNO4. The molecule has 7 heteroatoms. The molecule has 0 bridgehead atoms. The zero-order valence-corrected chi connectivity index (χ0v) is 10.8. The zero-order valence-electron chi connectivity index (χ0n) is 9.19. The Hall–Kier alpha value is -1.47. The van der Waals surface area contributed by atoms with E-state index in [1.165, 1.54) is 12.1 Å². The molecule has 0 spiro atoms. The summed E-state index contributed by atoms with van der Waals surface area (Å²) in [4.78, 5) is 21.9. The maximum atomic E-state index is 13.0. The van der Waals surface area contributed by atoms with Gasteiger partial charge in [0.25, 0.3) is 5.91 Å². The predicted octanol–water partition coefficient (Wildman–Crippen LogP) is 1.15. The van der Waals surface area contributed by atoms with Gasteiger partial charge in [-0.05, 0) is 18.2 Å². The molecule has 1 atom stereocenters. The van der Waals surface area contributed by atoms with Crippen LogP contribution in [0.5, 0.6) is 0 Å². The molecule has 0 fully saturated rings. The van der Waals surface area contributed by atoms with Gasteiger partial charge in [-0.1, -0.05) is 15.9 Å². The smallest absolute Gasteiger partial charge is 0.332 e. The predicted molar refractivity (Wildman–Crippen MR) is 64.7 cm³/mol. The van der Waals surface area contributed by atoms with Gasteiger partial charge in [-0.2, -0.15) is 0 Å². The number of rotatable bonds is 5. The lowest BCUT2D eigenvalue weighted by Gasteiger charge is -2.07. The first kappa shape index (κ1) is 14.6. The van der Waals surface area contributed by atoms with Crippen molar-refractivity contribution in [2.45, 2.75) is 12.5 Å². The number of carbonyl (C=O) groups is 2. The quantitative estimate of drug-likeness (QED) is 0.760. The molecular weight excluding hydrogens is 309 g/mol. The van der Waals surface area contributed by atoms with Crippen molar-refractivity contribution < 1.29 is 24.2 Å². The first-order chi connectivity index (χ1) is 8.40. The molecule has 0 heterocycles. The fourth-order valence-electron chi connectivity index (χ4n) is 1.23. The van der Waals surface area contributed by atoms with Crippen molar-refractivity contribution in [1.29, 1.82) is 0 Å². The topological polar surface area (TPSA) is 86.6 Å². The van der Waals surface area contributed by atoms with E-state index in [9.17, 15) is 14.0 Å². The molecule has 1 amide bonds. The summed E-state index contributed by atoms with van der Waals surface area (Å²) < 4.78 is 13.4. The van der Waals surface area contributed by atoms with Crippen LogP contribution in [0.15, 0.2) is 22.7 Å². The van der Waals surface area contributed by atoms with Crippen molar-refractivity contribution in [1.82, 2.24) is 5.32 Å². The number of benzene rings is 1. The molecule has 0 aliphatic carbocycles. The van der Waals surface area contributed by atoms with Crippen molar-refractivity contribution in [3.8, 4) is 0 Å². The third-order valence-corrected chi connectivity index (χ3v) is 2.57. The van der Waals surface area contributed by atoms with Crippen molar-refractivity contribution in [2.75, 3.05) is 6.54 Å². The van der Waals surface area contributed by atoms with Gasteiger partial charge in [-0.3, -0.25) is 4.79 Å². The number of aliphatic carboxylic acids is 1. The number of nitrogens with one attached hydrogen (secondary N) is 1. The van der Waals surface area contributed by atoms with E-state index < -0.39 is 23.8 Å². The van der Waals surface area contributed by atoms with E-state index in [2.05, 4.69) is 21.2 Å². The number of hydrogen-bond acceptors (Lipinski definition) is 3. The van der Waals surface area contributed by atoms with Crippen molar-refractivity contribution >= 4 is 27.8 Å². The molecule has 0 aromatic heterocycles. The van der Waals surface area contributed by atoms with E-state index in [0.29, 0.717) is 4.47 Å². The molecule has 0 aliphatic heterocycles. The highest BCUT2D eigenvalue weighted by Gasteiger charge is 2.13. The van der Waals surface area contributed by atoms with Gasteiger partial charge in [0, 0.05) is 23.0 Å². The lowest BCUT2D eigenvalue weighted by Crippen LogP contribution is -2.30. The van der Waals surface area contributed by atoms with Crippen molar-refractivity contribution in [2.24, 2.45) is 0 Å². The minimum atomic E-state index is -1.52. The third kappa shape index (κ3) is 4.42. The van der Waals surface area contributed by atoms with Crippen LogP contribution in [0.3, 0.4) is 0 Å². The van der Waals surface area contributed by atoms with Gasteiger partial charge < -0.3 is 15.5 Å². The summed E-state index contributed by atoms with van der Waals surface area (Å²) in [5.41, 5.74) is 0.117. The van der Waals surface area contributed by atoms with Crippen LogP contribution in [-0.2, 0) is 4.79 Å². The van der Waals surface area contributed by atoms with E-state index in [4.69, 9.17) is 10.2 Å². The maximum Gasteiger partial charge on any atom is 0.332 e. The Labute approximate surface area is 111 Å². The minimum absolute atomic E-state index is 0.0135. The van der Waals surface area contributed by atoms with Crippen LogP contribution in [0.25, 0.3) is 0 Å². The van der Waals surface area contributed by atoms with Crippen LogP contribution in [0, 0.1) is 5.82 Å². The zero-order chi connectivity index (χ0) is 13.7. The van der Waals surface area contributed by atoms with E-state index in [0.717, 1.165) is 6.07 Å². The summed E-state index contributed by atoms with van der Waals surface area (Å²) in [6.07, 6.45) is -1.64. The largest absolute Gasteiger partial charge is 0.479 e. The standard InChI is InChI=1S/C11H11BrFNO4/c12-7-3-6(4-8(13)5-7)10(16)14-2-1-9(15)11(17)18/h3-5,9,15H,1-2H2,(H,14,16)(H,17,18)/t9-/m0/s1. The molecule has 0 saturated carbocycles. The lowest BCUT2D eigenvalue weighted by atomic mass is 10.2. The first-order valence-electron chi connectivity index (χ1n) is 5.05. The second kappa shape index (κ2) is 6.46. The Morgan fingerprint density at radius 1 is 1.39 bits per heavy atom. The van der Waals surface area contributed by atoms with Crippen LogP contribution in [-0.4, -0.2) is 34.7 Å². The number of carbonyl (C=O) groups excluding carboxylic acids is 1. The van der Waals surface area contributed by atoms with Gasteiger partial charge in [-0.15, -0.1) is 0 Å². The molecule has 3 N–H and O–H groups in total. The van der Waals surface area contributed by atoms with Crippen molar-refractivity contribution in [3.05, 3.63) is 34.1 Å². The van der Waals surface area contributed by atoms with E-state index in [1.54, 1.807) is 0 Å². The Bertz CT molecular complexity index is 446. The summed E-state index contributed by atoms with van der Waals surface area (Å²) in [6, 6.07) is 3.71. The third-order valence-electron chi connectivity index (χ3n) is 2.11. The molecule has 5 nitrogen and oxygen atoms in total. The van der Waals surface area contributed by atoms with Gasteiger partial charge in [0.2, 0.25) is 0 Å². The fourth-order valence-corrected chi connectivity index (χ4v) is 1.70. The molecule has 1 rings (SSSR count). The van der Waals surface area contributed by atoms with E-state index >= 15 is 0 Å². The number of halogens is 2. The number of carboxylic acids is 1. The van der Waals surface area contributed by atoms with Crippen LogP contribution in [0.4, 0.5) is 4.39 Å². The maximum absolute atomic E-state index is 13.0. The number of carboxylic acid groups (broad SMARTS) is 1. The van der Waals surface area contributed by atoms with E-state index in [1.807, 2.05) is 0 Å². The van der Waals surface area contributed by atoms with Gasteiger partial charge in [-0.25, -0.2) is 9.18 Å². The second-order valence-corrected chi connectivity index (χ2v) is 4.47. The Kier molecular flexibility index (Phi) is 5.24. The summed E-state index contributed by atoms with van der Waals surface area (Å²) in [6.45, 7) is -0.0135. The second-order valence-electron chi connectivity index (χ2n) is 3.56. The molecule has 98 valence electrons. The highest BCUT2D eigenvalue weighted by atomic mass is 79.9. The highest BCUT2D eigenvalue weighted by Crippen LogP contribution is 2.14. The van der Waals surface area contributed by atoms with E-state index in [-0.39, 0.29) is 18.5 Å². The number of hydrogen-bond donors (Lipinski definition) is 3. The summed E-state index contributed by atoms with van der Waals surface area (Å²) in [5.74, 6) is -2.44. The number of amides is 1. The highest BCUT2D eigenvalue weighted by molar-refractivity contribution is 9.10. The number of aliphatic hydroxyl groups is 1. The normalized spacial score (nSPS) is 11.9. The average Bonchev–Trinajstić information content (AvgIpc) is 2.27. The Morgan fingerprint density at radius 3 is 2.61 bits per heavy atom. The Morgan fingerprint density at radius 2 is 2.06 bits per heavy atom. The van der Waals surface area contributed by atoms with Gasteiger partial charge in [0.05, 0.1) is 0 Å². The van der Waals surface area contributed by atoms with Gasteiger partial charge >= 0.3 is 5.97 Å². The molecule has 1 aromatic carbocycles. The first-order valence-corrected chi connectivity index (χ1v) is 5.84. The van der Waals surface area contributed by atoms with Gasteiger partial charge in [0.15, 0.2) is 6.10 Å². The van der Waals surface area contributed by atoms with Crippen LogP contribution in [0.1, 0.15) is 16.8 Å². The fraction of sp³-hybridized carbons (Fsp3) is 0.273. The number of aliphatic hydroxyl groups excluding tert-OH is 1. The summed E-state index contributed by atoms with van der Waals surface area (Å²) >= 11 is 3.05. The Balaban J connectivity index is 2.53. The molecule has 1 aromatic rings. The van der Waals surface area contributed by atoms with Gasteiger partial charge in [0.1, 0.15) is 5.82 Å². The van der Waals surface area contributed by atoms with Crippen LogP contribution in [0.2, 0.25) is 0 Å². The lowest BCUT2D eigenvalue weighted by molar-refractivity contribution is -0.146. The van der Waals surface area contributed by atoms with Crippen LogP contribution >= 0.6 is 15.9 Å². The molecule has 0 saturated heterocycles. The molecule has 0 radical (unpaired) electrons. The molecule has 18 heavy (non-hydrogen) atoms. The molecule has 0 unspecified atom stereocenters. The minimum Gasteiger partial charge on any atom is -0.479 e. The summed E-state index contributed by atoms with van der Waals surface area (Å²) in [7, 11) is 0. The average molecular weight is 320 g/mol. The summed E-state index contributed by atoms with van der Waals surface area (Å²) in [5, 5.41) is 19.8. The monoisotopic (exact) mass is 319 g/mol. The molecule has 0 aliphatic rings. The SMILES string of the molecule is O=C(NCC[C@H](O)C(=O)O)c1cc(F)cc(Br)c1. The van der Waals surface area contributed by atoms with Crippen molar-refractivity contribution in [3.63, 3.8) is 0 Å². The van der Waals surface area contributed by atoms with Crippen LogP contribution < -0.4 is 5.32 Å².